The summed E-state index contributed by atoms with van der Waals surface area (Å²) >= 11 is 0. The van der Waals surface area contributed by atoms with Crippen LogP contribution in [0.3, 0.4) is 0 Å². The Morgan fingerprint density at radius 1 is 0.857 bits per heavy atom. The third kappa shape index (κ3) is 9.49. The SMILES string of the molecule is COC(=O)C[C@@H]1C[C@H](OCc2ccccc2)[C@@H](OCc2ccccc2)[C@H]([C@H](O)/C=C/[C@H](C)C(C(=O)OC)C(=O)OC)O1. The van der Waals surface area contributed by atoms with Gasteiger partial charge in [-0.2, -0.15) is 0 Å². The number of hydrogen-bond donors (Lipinski definition) is 1. The fraction of sp³-hybridized carbons (Fsp3) is 0.469. The van der Waals surface area contributed by atoms with Crippen LogP contribution in [0.15, 0.2) is 72.8 Å². The molecule has 1 aliphatic heterocycles. The summed E-state index contributed by atoms with van der Waals surface area (Å²) in [4.78, 5) is 36.7. The second kappa shape index (κ2) is 16.8. The van der Waals surface area contributed by atoms with Crippen LogP contribution in [0.25, 0.3) is 0 Å². The third-order valence-electron chi connectivity index (χ3n) is 7.13. The lowest BCUT2D eigenvalue weighted by atomic mass is 9.90. The number of allylic oxidation sites excluding steroid dienone is 1. The molecule has 0 saturated carbocycles. The predicted octanol–water partition coefficient (Wildman–Crippen LogP) is 3.39. The van der Waals surface area contributed by atoms with Crippen LogP contribution in [0.2, 0.25) is 0 Å². The normalized spacial score (nSPS) is 22.0. The first kappa shape index (κ1) is 32.9. The fourth-order valence-corrected chi connectivity index (χ4v) is 4.83. The van der Waals surface area contributed by atoms with Gasteiger partial charge in [0.25, 0.3) is 0 Å². The Morgan fingerprint density at radius 2 is 1.40 bits per heavy atom. The highest BCUT2D eigenvalue weighted by molar-refractivity contribution is 5.95. The summed E-state index contributed by atoms with van der Waals surface area (Å²) in [6, 6.07) is 19.2. The minimum atomic E-state index is -1.24. The molecule has 10 nitrogen and oxygen atoms in total. The molecule has 2 aromatic carbocycles. The third-order valence-corrected chi connectivity index (χ3v) is 7.13. The van der Waals surface area contributed by atoms with Gasteiger partial charge in [-0.1, -0.05) is 79.7 Å². The van der Waals surface area contributed by atoms with E-state index in [1.807, 2.05) is 60.7 Å². The number of aliphatic hydroxyl groups excluding tert-OH is 1. The Balaban J connectivity index is 1.88. The maximum atomic E-state index is 12.3. The van der Waals surface area contributed by atoms with Gasteiger partial charge in [0, 0.05) is 6.42 Å². The Kier molecular flexibility index (Phi) is 13.1. The lowest BCUT2D eigenvalue weighted by Gasteiger charge is -2.42. The zero-order valence-corrected chi connectivity index (χ0v) is 24.4. The van der Waals surface area contributed by atoms with Crippen molar-refractivity contribution in [2.75, 3.05) is 21.3 Å². The lowest BCUT2D eigenvalue weighted by Crippen LogP contribution is -2.55. The van der Waals surface area contributed by atoms with Gasteiger partial charge in [-0.15, -0.1) is 0 Å². The summed E-state index contributed by atoms with van der Waals surface area (Å²) in [5, 5.41) is 11.4. The van der Waals surface area contributed by atoms with Crippen LogP contribution in [-0.4, -0.2) is 74.9 Å². The molecule has 0 aliphatic carbocycles. The molecule has 1 fully saturated rings. The first-order chi connectivity index (χ1) is 20.3. The quantitative estimate of drug-likeness (QED) is 0.153. The van der Waals surface area contributed by atoms with E-state index in [-0.39, 0.29) is 19.6 Å². The molecule has 10 heteroatoms. The highest BCUT2D eigenvalue weighted by Crippen LogP contribution is 2.31. The van der Waals surface area contributed by atoms with Crippen molar-refractivity contribution in [3.05, 3.63) is 83.9 Å². The Bertz CT molecular complexity index is 1140. The minimum Gasteiger partial charge on any atom is -0.469 e. The smallest absolute Gasteiger partial charge is 0.320 e. The van der Waals surface area contributed by atoms with E-state index in [4.69, 9.17) is 28.4 Å². The highest BCUT2D eigenvalue weighted by atomic mass is 16.6. The maximum Gasteiger partial charge on any atom is 0.320 e. The molecule has 6 atom stereocenters. The number of esters is 3. The van der Waals surface area contributed by atoms with Crippen LogP contribution in [-0.2, 0) is 56.0 Å². The van der Waals surface area contributed by atoms with E-state index in [1.54, 1.807) is 6.92 Å². The van der Waals surface area contributed by atoms with Gasteiger partial charge >= 0.3 is 17.9 Å². The first-order valence-electron chi connectivity index (χ1n) is 13.8. The number of rotatable bonds is 14. The fourth-order valence-electron chi connectivity index (χ4n) is 4.83. The van der Waals surface area contributed by atoms with E-state index >= 15 is 0 Å². The number of hydrogen-bond acceptors (Lipinski definition) is 10. The zero-order chi connectivity index (χ0) is 30.5. The molecular formula is C32H40O10. The Hall–Kier alpha value is -3.57. The van der Waals surface area contributed by atoms with Crippen molar-refractivity contribution in [1.82, 2.24) is 0 Å². The molecule has 0 unspecified atom stereocenters. The van der Waals surface area contributed by atoms with E-state index in [0.29, 0.717) is 6.42 Å². The van der Waals surface area contributed by atoms with Crippen molar-refractivity contribution in [2.45, 2.75) is 63.5 Å². The summed E-state index contributed by atoms with van der Waals surface area (Å²) in [5.74, 6) is -3.84. The summed E-state index contributed by atoms with van der Waals surface area (Å²) in [5.41, 5.74) is 1.88. The number of aliphatic hydroxyl groups is 1. The number of benzene rings is 2. The number of ether oxygens (including phenoxy) is 6. The second-order valence-corrected chi connectivity index (χ2v) is 10.1. The molecule has 42 heavy (non-hydrogen) atoms. The predicted molar refractivity (Wildman–Crippen MR) is 152 cm³/mol. The molecular weight excluding hydrogens is 544 g/mol. The Labute approximate surface area is 246 Å². The topological polar surface area (TPSA) is 127 Å². The average molecular weight is 585 g/mol. The van der Waals surface area contributed by atoms with Gasteiger partial charge < -0.3 is 33.5 Å². The van der Waals surface area contributed by atoms with Gasteiger partial charge in [0.05, 0.1) is 53.2 Å². The lowest BCUT2D eigenvalue weighted by molar-refractivity contribution is -0.226. The Morgan fingerprint density at radius 3 is 1.93 bits per heavy atom. The summed E-state index contributed by atoms with van der Waals surface area (Å²) in [7, 11) is 3.67. The van der Waals surface area contributed by atoms with Crippen molar-refractivity contribution in [3.8, 4) is 0 Å². The summed E-state index contributed by atoms with van der Waals surface area (Å²) in [6.45, 7) is 2.16. The molecule has 1 aliphatic rings. The van der Waals surface area contributed by atoms with E-state index in [1.165, 1.54) is 33.5 Å². The highest BCUT2D eigenvalue weighted by Gasteiger charge is 2.44. The van der Waals surface area contributed by atoms with Crippen LogP contribution < -0.4 is 0 Å². The molecule has 3 rings (SSSR count). The van der Waals surface area contributed by atoms with Crippen molar-refractivity contribution < 1.29 is 47.9 Å². The molecule has 1 saturated heterocycles. The van der Waals surface area contributed by atoms with Crippen molar-refractivity contribution in [1.29, 1.82) is 0 Å². The van der Waals surface area contributed by atoms with Crippen molar-refractivity contribution in [3.63, 3.8) is 0 Å². The monoisotopic (exact) mass is 584 g/mol. The molecule has 1 N–H and O–H groups in total. The van der Waals surface area contributed by atoms with Gasteiger partial charge in [0.1, 0.15) is 18.3 Å². The number of carbonyl (C=O) groups is 3. The molecule has 0 spiro atoms. The van der Waals surface area contributed by atoms with Crippen LogP contribution in [0.5, 0.6) is 0 Å². The molecule has 0 bridgehead atoms. The minimum absolute atomic E-state index is 0.0385. The largest absolute Gasteiger partial charge is 0.469 e. The van der Waals surface area contributed by atoms with Crippen LogP contribution in [0.4, 0.5) is 0 Å². The molecule has 1 heterocycles. The summed E-state index contributed by atoms with van der Waals surface area (Å²) < 4.78 is 33.3. The average Bonchev–Trinajstić information content (AvgIpc) is 3.02. The summed E-state index contributed by atoms with van der Waals surface area (Å²) in [6.07, 6.45) is -0.801. The van der Waals surface area contributed by atoms with Crippen LogP contribution in [0, 0.1) is 11.8 Å². The van der Waals surface area contributed by atoms with E-state index in [2.05, 4.69) is 0 Å². The first-order valence-corrected chi connectivity index (χ1v) is 13.8. The van der Waals surface area contributed by atoms with Gasteiger partial charge in [0.15, 0.2) is 5.92 Å². The molecule has 0 radical (unpaired) electrons. The van der Waals surface area contributed by atoms with Crippen LogP contribution in [0.1, 0.15) is 30.9 Å². The number of methoxy groups -OCH3 is 3. The van der Waals surface area contributed by atoms with Gasteiger partial charge in [-0.25, -0.2) is 0 Å². The van der Waals surface area contributed by atoms with Gasteiger partial charge in [-0.3, -0.25) is 14.4 Å². The van der Waals surface area contributed by atoms with E-state index < -0.39 is 60.3 Å². The molecule has 2 aromatic rings. The molecule has 0 aromatic heterocycles. The molecule has 0 amide bonds. The standard InChI is InChI=1S/C32H40O10/c1-21(28(31(35)38-3)32(36)39-4)15-16-25(33)29-30(41-20-23-13-9-6-10-14-23)26(17-24(42-29)18-27(34)37-2)40-19-22-11-7-5-8-12-22/h5-16,21,24-26,28-30,33H,17-20H2,1-4H3/b16-15+/t21-,24-,25+,26-,29-,30+/m0/s1. The van der Waals surface area contributed by atoms with Gasteiger partial charge in [-0.05, 0) is 17.0 Å². The van der Waals surface area contributed by atoms with Crippen LogP contribution >= 0.6 is 0 Å². The number of carbonyl (C=O) groups excluding carboxylic acids is 3. The van der Waals surface area contributed by atoms with E-state index in [9.17, 15) is 19.5 Å². The molecule has 228 valence electrons. The maximum absolute atomic E-state index is 12.3. The van der Waals surface area contributed by atoms with Crippen molar-refractivity contribution >= 4 is 17.9 Å². The van der Waals surface area contributed by atoms with E-state index in [0.717, 1.165) is 11.1 Å². The second-order valence-electron chi connectivity index (χ2n) is 10.1. The zero-order valence-electron chi connectivity index (χ0n) is 24.4. The van der Waals surface area contributed by atoms with Crippen molar-refractivity contribution in [2.24, 2.45) is 11.8 Å². The van der Waals surface area contributed by atoms with Gasteiger partial charge in [0.2, 0.25) is 0 Å².